The highest BCUT2D eigenvalue weighted by atomic mass is 35.5. The Balaban J connectivity index is 0.00000140. The van der Waals surface area contributed by atoms with Gasteiger partial charge < -0.3 is 11.1 Å². The molecule has 0 spiro atoms. The maximum atomic E-state index is 12.9. The molecule has 6 heteroatoms. The van der Waals surface area contributed by atoms with Crippen LogP contribution in [0.1, 0.15) is 50.5 Å². The number of benzene rings is 1. The second-order valence-corrected chi connectivity index (χ2v) is 8.75. The van der Waals surface area contributed by atoms with Gasteiger partial charge in [-0.1, -0.05) is 36.8 Å². The number of fused-ring (bicyclic) bond motifs is 2. The van der Waals surface area contributed by atoms with Crippen molar-refractivity contribution in [2.45, 2.75) is 63.6 Å². The molecular weight excluding hydrogens is 393 g/mol. The van der Waals surface area contributed by atoms with Crippen LogP contribution in [0.2, 0.25) is 0 Å². The van der Waals surface area contributed by atoms with Crippen molar-refractivity contribution in [2.24, 2.45) is 23.5 Å². The summed E-state index contributed by atoms with van der Waals surface area (Å²) >= 11 is 0. The molecule has 2 atom stereocenters. The van der Waals surface area contributed by atoms with Crippen LogP contribution in [0.15, 0.2) is 30.3 Å². The van der Waals surface area contributed by atoms with Crippen LogP contribution in [0.25, 0.3) is 0 Å². The number of piperidine rings is 1. The minimum absolute atomic E-state index is 0. The lowest BCUT2D eigenvalue weighted by atomic mass is 9.67. The minimum Gasteiger partial charge on any atom is -0.353 e. The Morgan fingerprint density at radius 3 is 2.21 bits per heavy atom. The van der Waals surface area contributed by atoms with Crippen molar-refractivity contribution in [3.05, 3.63) is 35.9 Å². The van der Waals surface area contributed by atoms with E-state index in [-0.39, 0.29) is 30.7 Å². The molecule has 1 heterocycles. The zero-order chi connectivity index (χ0) is 17.9. The van der Waals surface area contributed by atoms with E-state index in [0.717, 1.165) is 45.3 Å². The molecule has 3 aliphatic rings. The number of hydrogen-bond acceptors (Lipinski definition) is 3. The Hall–Kier alpha value is -0.810. The normalized spacial score (nSPS) is 30.6. The number of nitrogens with zero attached hydrogens (tertiary/aromatic N) is 1. The van der Waals surface area contributed by atoms with Crippen LogP contribution >= 0.6 is 24.8 Å². The third-order valence-electron chi connectivity index (χ3n) is 6.89. The SMILES string of the molecule is Cl.Cl.NC1CC2CCCC(C1)C2NC(=O)C1CCN(Cc2ccccc2)CC1. The van der Waals surface area contributed by atoms with Gasteiger partial charge in [-0.3, -0.25) is 9.69 Å². The third kappa shape index (κ3) is 5.63. The summed E-state index contributed by atoms with van der Waals surface area (Å²) in [5.41, 5.74) is 7.58. The number of halogens is 2. The van der Waals surface area contributed by atoms with Crippen LogP contribution in [-0.4, -0.2) is 36.0 Å². The number of nitrogens with one attached hydrogen (secondary N) is 1. The smallest absolute Gasteiger partial charge is 0.223 e. The lowest BCUT2D eigenvalue weighted by Crippen LogP contribution is -2.55. The number of carbonyl (C=O) groups is 1. The van der Waals surface area contributed by atoms with Crippen LogP contribution in [0.3, 0.4) is 0 Å². The highest BCUT2D eigenvalue weighted by Crippen LogP contribution is 2.40. The molecule has 1 aromatic rings. The molecule has 3 N–H and O–H groups in total. The van der Waals surface area contributed by atoms with Crippen molar-refractivity contribution in [1.82, 2.24) is 10.2 Å². The van der Waals surface area contributed by atoms with Gasteiger partial charge in [0.25, 0.3) is 0 Å². The predicted molar refractivity (Wildman–Crippen MR) is 119 cm³/mol. The average molecular weight is 428 g/mol. The van der Waals surface area contributed by atoms with E-state index < -0.39 is 0 Å². The van der Waals surface area contributed by atoms with E-state index in [1.54, 1.807) is 0 Å². The fraction of sp³-hybridized carbons (Fsp3) is 0.682. The van der Waals surface area contributed by atoms with Gasteiger partial charge in [-0.05, 0) is 69.0 Å². The van der Waals surface area contributed by atoms with E-state index in [0.29, 0.717) is 29.8 Å². The molecule has 4 nitrogen and oxygen atoms in total. The van der Waals surface area contributed by atoms with Crippen molar-refractivity contribution in [3.8, 4) is 0 Å². The van der Waals surface area contributed by atoms with Gasteiger partial charge in [0.2, 0.25) is 5.91 Å². The number of rotatable bonds is 4. The van der Waals surface area contributed by atoms with Gasteiger partial charge >= 0.3 is 0 Å². The largest absolute Gasteiger partial charge is 0.353 e. The van der Waals surface area contributed by atoms with Crippen molar-refractivity contribution < 1.29 is 4.79 Å². The molecule has 1 amide bonds. The van der Waals surface area contributed by atoms with Crippen molar-refractivity contribution >= 4 is 30.7 Å². The van der Waals surface area contributed by atoms with Crippen LogP contribution in [-0.2, 0) is 11.3 Å². The highest BCUT2D eigenvalue weighted by molar-refractivity contribution is 5.85. The minimum atomic E-state index is 0. The summed E-state index contributed by atoms with van der Waals surface area (Å²) in [4.78, 5) is 15.4. The van der Waals surface area contributed by atoms with Gasteiger partial charge in [0.1, 0.15) is 0 Å². The molecule has 2 unspecified atom stereocenters. The molecule has 158 valence electrons. The Morgan fingerprint density at radius 1 is 1.00 bits per heavy atom. The lowest BCUT2D eigenvalue weighted by Gasteiger charge is -2.45. The number of amides is 1. The fourth-order valence-electron chi connectivity index (χ4n) is 5.50. The van der Waals surface area contributed by atoms with Gasteiger partial charge in [-0.25, -0.2) is 0 Å². The van der Waals surface area contributed by atoms with Crippen molar-refractivity contribution in [2.75, 3.05) is 13.1 Å². The number of hydrogen-bond donors (Lipinski definition) is 2. The summed E-state index contributed by atoms with van der Waals surface area (Å²) in [5.74, 6) is 1.72. The zero-order valence-corrected chi connectivity index (χ0v) is 18.2. The molecule has 28 heavy (non-hydrogen) atoms. The van der Waals surface area contributed by atoms with E-state index in [1.165, 1.54) is 24.8 Å². The molecule has 2 bridgehead atoms. The topological polar surface area (TPSA) is 58.4 Å². The predicted octanol–water partition coefficient (Wildman–Crippen LogP) is 3.76. The quantitative estimate of drug-likeness (QED) is 0.768. The van der Waals surface area contributed by atoms with Crippen LogP contribution in [0, 0.1) is 17.8 Å². The molecule has 2 aliphatic carbocycles. The molecule has 1 saturated heterocycles. The Bertz CT molecular complexity index is 593. The summed E-state index contributed by atoms with van der Waals surface area (Å²) in [5, 5.41) is 3.46. The number of carbonyl (C=O) groups excluding carboxylic acids is 1. The molecular formula is C22H35Cl2N3O. The van der Waals surface area contributed by atoms with Crippen molar-refractivity contribution in [1.29, 1.82) is 0 Å². The summed E-state index contributed by atoms with van der Waals surface area (Å²) in [7, 11) is 0. The van der Waals surface area contributed by atoms with E-state index in [9.17, 15) is 4.79 Å². The molecule has 2 saturated carbocycles. The fourth-order valence-corrected chi connectivity index (χ4v) is 5.50. The second-order valence-electron chi connectivity index (χ2n) is 8.75. The van der Waals surface area contributed by atoms with Crippen molar-refractivity contribution in [3.63, 3.8) is 0 Å². The van der Waals surface area contributed by atoms with Crippen LogP contribution in [0.4, 0.5) is 0 Å². The van der Waals surface area contributed by atoms with E-state index >= 15 is 0 Å². The second kappa shape index (κ2) is 10.8. The monoisotopic (exact) mass is 427 g/mol. The summed E-state index contributed by atoms with van der Waals surface area (Å²) in [6.45, 7) is 3.05. The summed E-state index contributed by atoms with van der Waals surface area (Å²) in [6, 6.07) is 11.4. The maximum Gasteiger partial charge on any atom is 0.223 e. The van der Waals surface area contributed by atoms with Crippen LogP contribution in [0.5, 0.6) is 0 Å². The van der Waals surface area contributed by atoms with E-state index in [1.807, 2.05) is 0 Å². The Labute approximate surface area is 181 Å². The first-order chi connectivity index (χ1) is 12.7. The molecule has 0 aromatic heterocycles. The standard InChI is InChI=1S/C22H33N3O.2ClH/c23-20-13-18-7-4-8-19(14-20)21(18)24-22(26)17-9-11-25(12-10-17)15-16-5-2-1-3-6-16;;/h1-3,5-6,17-21H,4,7-15,23H2,(H,24,26);2*1H. The average Bonchev–Trinajstić information content (AvgIpc) is 2.64. The molecule has 3 fully saturated rings. The highest BCUT2D eigenvalue weighted by Gasteiger charge is 2.40. The van der Waals surface area contributed by atoms with Gasteiger partial charge in [0, 0.05) is 24.5 Å². The van der Waals surface area contributed by atoms with Gasteiger partial charge in [0.15, 0.2) is 0 Å². The summed E-state index contributed by atoms with van der Waals surface area (Å²) < 4.78 is 0. The number of nitrogens with two attached hydrogens (primary N) is 1. The molecule has 0 radical (unpaired) electrons. The number of likely N-dealkylation sites (tertiary alicyclic amines) is 1. The zero-order valence-electron chi connectivity index (χ0n) is 16.6. The van der Waals surface area contributed by atoms with Gasteiger partial charge in [-0.2, -0.15) is 0 Å². The van der Waals surface area contributed by atoms with E-state index in [4.69, 9.17) is 5.73 Å². The third-order valence-corrected chi connectivity index (χ3v) is 6.89. The lowest BCUT2D eigenvalue weighted by molar-refractivity contribution is -0.128. The van der Waals surface area contributed by atoms with Gasteiger partial charge in [0.05, 0.1) is 0 Å². The maximum absolute atomic E-state index is 12.9. The first kappa shape index (κ1) is 23.5. The first-order valence-electron chi connectivity index (χ1n) is 10.5. The molecule has 1 aliphatic heterocycles. The van der Waals surface area contributed by atoms with Gasteiger partial charge in [-0.15, -0.1) is 24.8 Å². The Morgan fingerprint density at radius 2 is 1.61 bits per heavy atom. The molecule has 1 aromatic carbocycles. The Kier molecular flexibility index (Phi) is 9.07. The molecule has 4 rings (SSSR count). The summed E-state index contributed by atoms with van der Waals surface area (Å²) in [6.07, 6.45) is 7.95. The first-order valence-corrected chi connectivity index (χ1v) is 10.5. The van der Waals surface area contributed by atoms with E-state index in [2.05, 4.69) is 40.5 Å². The van der Waals surface area contributed by atoms with Crippen LogP contribution < -0.4 is 11.1 Å².